The Kier molecular flexibility index (Phi) is 5.62. The van der Waals surface area contributed by atoms with E-state index in [2.05, 4.69) is 54.4 Å². The maximum Gasteiger partial charge on any atom is 0.0237 e. The summed E-state index contributed by atoms with van der Waals surface area (Å²) in [5.41, 5.74) is 4.31. The summed E-state index contributed by atoms with van der Waals surface area (Å²) in [7, 11) is 0. The van der Waals surface area contributed by atoms with Crippen LogP contribution in [-0.4, -0.2) is 24.5 Å². The van der Waals surface area contributed by atoms with Gasteiger partial charge in [-0.05, 0) is 37.4 Å². The highest BCUT2D eigenvalue weighted by Crippen LogP contribution is 2.13. The van der Waals surface area contributed by atoms with Gasteiger partial charge in [0.15, 0.2) is 0 Å². The van der Waals surface area contributed by atoms with Crippen LogP contribution in [0.1, 0.15) is 37.8 Å². The van der Waals surface area contributed by atoms with Gasteiger partial charge in [-0.1, -0.05) is 42.8 Å². The number of nitrogens with zero attached hydrogens (tertiary/aromatic N) is 1. The first-order chi connectivity index (χ1) is 9.28. The molecule has 1 aromatic rings. The minimum absolute atomic E-state index is 0.986. The molecule has 2 nitrogen and oxygen atoms in total. The van der Waals surface area contributed by atoms with Gasteiger partial charge in [-0.25, -0.2) is 0 Å². The molecule has 0 saturated carbocycles. The molecular weight excluding hydrogens is 232 g/mol. The van der Waals surface area contributed by atoms with Crippen molar-refractivity contribution in [3.8, 4) is 0 Å². The zero-order valence-corrected chi connectivity index (χ0v) is 12.3. The molecule has 0 fully saturated rings. The fourth-order valence-electron chi connectivity index (χ4n) is 2.56. The normalized spacial score (nSPS) is 16.4. The quantitative estimate of drug-likeness (QED) is 0.622. The topological polar surface area (TPSA) is 15.3 Å². The molecule has 2 heteroatoms. The molecule has 104 valence electrons. The van der Waals surface area contributed by atoms with Gasteiger partial charge < -0.3 is 5.32 Å². The van der Waals surface area contributed by atoms with E-state index < -0.39 is 0 Å². The Labute approximate surface area is 117 Å². The number of hydrogen-bond acceptors (Lipinski definition) is 2. The van der Waals surface area contributed by atoms with Gasteiger partial charge in [0.2, 0.25) is 0 Å². The van der Waals surface area contributed by atoms with Crippen LogP contribution < -0.4 is 5.32 Å². The second kappa shape index (κ2) is 7.46. The van der Waals surface area contributed by atoms with Crippen molar-refractivity contribution in [1.29, 1.82) is 0 Å². The van der Waals surface area contributed by atoms with E-state index in [-0.39, 0.29) is 0 Å². The molecule has 0 bridgehead atoms. The lowest BCUT2D eigenvalue weighted by molar-refractivity contribution is 0.282. The van der Waals surface area contributed by atoms with Crippen LogP contribution in [0.25, 0.3) is 0 Å². The summed E-state index contributed by atoms with van der Waals surface area (Å²) in [6.45, 7) is 9.91. The molecular formula is C17H26N2. The SMILES string of the molecule is CCCNCc1ccc(CN2CCC=C(C)C2)cc1. The molecule has 2 rings (SSSR count). The average molecular weight is 258 g/mol. The lowest BCUT2D eigenvalue weighted by Crippen LogP contribution is -2.28. The van der Waals surface area contributed by atoms with Gasteiger partial charge in [-0.2, -0.15) is 0 Å². The summed E-state index contributed by atoms with van der Waals surface area (Å²) in [6.07, 6.45) is 4.75. The van der Waals surface area contributed by atoms with E-state index >= 15 is 0 Å². The molecule has 1 aliphatic heterocycles. The van der Waals surface area contributed by atoms with Gasteiger partial charge in [0.05, 0.1) is 0 Å². The number of hydrogen-bond donors (Lipinski definition) is 1. The van der Waals surface area contributed by atoms with Gasteiger partial charge in [-0.3, -0.25) is 4.90 Å². The molecule has 19 heavy (non-hydrogen) atoms. The van der Waals surface area contributed by atoms with Crippen molar-refractivity contribution in [3.05, 3.63) is 47.0 Å². The van der Waals surface area contributed by atoms with Crippen molar-refractivity contribution in [2.45, 2.75) is 39.8 Å². The fourth-order valence-corrected chi connectivity index (χ4v) is 2.56. The monoisotopic (exact) mass is 258 g/mol. The van der Waals surface area contributed by atoms with Gasteiger partial charge in [0, 0.05) is 26.2 Å². The first-order valence-electron chi connectivity index (χ1n) is 7.44. The molecule has 1 N–H and O–H groups in total. The van der Waals surface area contributed by atoms with Crippen LogP contribution >= 0.6 is 0 Å². The predicted molar refractivity (Wildman–Crippen MR) is 82.1 cm³/mol. The highest BCUT2D eigenvalue weighted by atomic mass is 15.1. The summed E-state index contributed by atoms with van der Waals surface area (Å²) in [5.74, 6) is 0. The van der Waals surface area contributed by atoms with Crippen LogP contribution in [0, 0.1) is 0 Å². The third kappa shape index (κ3) is 4.81. The van der Waals surface area contributed by atoms with Gasteiger partial charge in [0.1, 0.15) is 0 Å². The van der Waals surface area contributed by atoms with E-state index in [1.807, 2.05) is 0 Å². The van der Waals surface area contributed by atoms with E-state index in [0.29, 0.717) is 0 Å². The van der Waals surface area contributed by atoms with Crippen molar-refractivity contribution in [2.75, 3.05) is 19.6 Å². The Morgan fingerprint density at radius 1 is 1.16 bits per heavy atom. The first kappa shape index (κ1) is 14.3. The molecule has 0 unspecified atom stereocenters. The minimum atomic E-state index is 0.986. The zero-order chi connectivity index (χ0) is 13.5. The maximum absolute atomic E-state index is 3.44. The Hall–Kier alpha value is -1.12. The molecule has 0 aliphatic carbocycles. The molecule has 1 heterocycles. The summed E-state index contributed by atoms with van der Waals surface area (Å²) < 4.78 is 0. The standard InChI is InChI=1S/C17H26N2/c1-3-10-18-12-16-6-8-17(9-7-16)14-19-11-4-5-15(2)13-19/h5-9,18H,3-4,10-14H2,1-2H3. The molecule has 0 amide bonds. The molecule has 0 aromatic heterocycles. The van der Waals surface area contributed by atoms with Crippen LogP contribution in [0.4, 0.5) is 0 Å². The summed E-state index contributed by atoms with van der Waals surface area (Å²) in [5, 5.41) is 3.44. The van der Waals surface area contributed by atoms with E-state index in [0.717, 1.165) is 26.2 Å². The van der Waals surface area contributed by atoms with Crippen molar-refractivity contribution >= 4 is 0 Å². The lowest BCUT2D eigenvalue weighted by Gasteiger charge is -2.26. The molecule has 0 saturated heterocycles. The zero-order valence-electron chi connectivity index (χ0n) is 12.3. The minimum Gasteiger partial charge on any atom is -0.313 e. The van der Waals surface area contributed by atoms with Crippen LogP contribution in [0.15, 0.2) is 35.9 Å². The number of rotatable bonds is 6. The third-order valence-electron chi connectivity index (χ3n) is 3.60. The van der Waals surface area contributed by atoms with Crippen molar-refractivity contribution in [1.82, 2.24) is 10.2 Å². The van der Waals surface area contributed by atoms with Crippen LogP contribution in [-0.2, 0) is 13.1 Å². The fraction of sp³-hybridized carbons (Fsp3) is 0.529. The maximum atomic E-state index is 3.44. The number of nitrogens with one attached hydrogen (secondary N) is 1. The molecule has 0 atom stereocenters. The molecule has 0 spiro atoms. The molecule has 1 aromatic carbocycles. The summed E-state index contributed by atoms with van der Waals surface area (Å²) in [4.78, 5) is 2.53. The second-order valence-electron chi connectivity index (χ2n) is 5.54. The van der Waals surface area contributed by atoms with E-state index in [4.69, 9.17) is 0 Å². The molecule has 0 radical (unpaired) electrons. The number of benzene rings is 1. The Balaban J connectivity index is 1.83. The Morgan fingerprint density at radius 3 is 2.58 bits per heavy atom. The Bertz CT molecular complexity index is 406. The largest absolute Gasteiger partial charge is 0.313 e. The van der Waals surface area contributed by atoms with Crippen LogP contribution in [0.3, 0.4) is 0 Å². The van der Waals surface area contributed by atoms with Crippen LogP contribution in [0.5, 0.6) is 0 Å². The first-order valence-corrected chi connectivity index (χ1v) is 7.44. The Morgan fingerprint density at radius 2 is 1.89 bits per heavy atom. The van der Waals surface area contributed by atoms with Gasteiger partial charge in [-0.15, -0.1) is 0 Å². The molecule has 1 aliphatic rings. The van der Waals surface area contributed by atoms with E-state index in [1.54, 1.807) is 0 Å². The van der Waals surface area contributed by atoms with Crippen molar-refractivity contribution in [2.24, 2.45) is 0 Å². The predicted octanol–water partition coefficient (Wildman–Crippen LogP) is 3.34. The van der Waals surface area contributed by atoms with Crippen molar-refractivity contribution < 1.29 is 0 Å². The third-order valence-corrected chi connectivity index (χ3v) is 3.60. The van der Waals surface area contributed by atoms with Gasteiger partial charge in [0.25, 0.3) is 0 Å². The van der Waals surface area contributed by atoms with Crippen molar-refractivity contribution in [3.63, 3.8) is 0 Å². The van der Waals surface area contributed by atoms with Crippen LogP contribution in [0.2, 0.25) is 0 Å². The smallest absolute Gasteiger partial charge is 0.0237 e. The highest BCUT2D eigenvalue weighted by molar-refractivity contribution is 5.22. The summed E-state index contributed by atoms with van der Waals surface area (Å²) in [6, 6.07) is 9.06. The second-order valence-corrected chi connectivity index (χ2v) is 5.54. The van der Waals surface area contributed by atoms with Gasteiger partial charge >= 0.3 is 0 Å². The van der Waals surface area contributed by atoms with E-state index in [9.17, 15) is 0 Å². The average Bonchev–Trinajstić information content (AvgIpc) is 2.41. The summed E-state index contributed by atoms with van der Waals surface area (Å²) >= 11 is 0. The van der Waals surface area contributed by atoms with E-state index in [1.165, 1.54) is 36.1 Å². The lowest BCUT2D eigenvalue weighted by atomic mass is 10.1. The highest BCUT2D eigenvalue weighted by Gasteiger charge is 2.09.